The molecule has 48 heavy (non-hydrogen) atoms. The zero-order chi connectivity index (χ0) is 33.5. The number of carbonyl (C=O) groups excluding carboxylic acids is 1. The summed E-state index contributed by atoms with van der Waals surface area (Å²) in [4.78, 5) is 18.5. The Kier molecular flexibility index (Phi) is 12.5. The van der Waals surface area contributed by atoms with Gasteiger partial charge in [0.15, 0.2) is 0 Å². The average Bonchev–Trinajstić information content (AvgIpc) is 3.41. The van der Waals surface area contributed by atoms with Crippen LogP contribution in [0.4, 0.5) is 0 Å². The maximum atomic E-state index is 14.2. The third kappa shape index (κ3) is 8.99. The molecule has 3 saturated heterocycles. The number of ether oxygens (including phenoxy) is 2. The first-order valence-electron chi connectivity index (χ1n) is 18.9. The van der Waals surface area contributed by atoms with E-state index in [1.54, 1.807) is 0 Å². The van der Waals surface area contributed by atoms with Gasteiger partial charge in [-0.1, -0.05) is 75.8 Å². The maximum Gasteiger partial charge on any atom is 0.230 e. The van der Waals surface area contributed by atoms with Crippen molar-refractivity contribution in [3.8, 4) is 11.5 Å². The summed E-state index contributed by atoms with van der Waals surface area (Å²) in [5.41, 5.74) is 1.21. The van der Waals surface area contributed by atoms with Gasteiger partial charge in [-0.2, -0.15) is 0 Å². The molecule has 1 amide bonds. The van der Waals surface area contributed by atoms with Crippen molar-refractivity contribution in [2.75, 3.05) is 46.4 Å². The van der Waals surface area contributed by atoms with Crippen LogP contribution in [0, 0.1) is 35.5 Å². The first-order chi connectivity index (χ1) is 23.4. The van der Waals surface area contributed by atoms with Crippen molar-refractivity contribution in [2.45, 2.75) is 90.1 Å². The molecule has 0 aromatic heterocycles. The number of benzene rings is 2. The number of hydrogen-bond acceptors (Lipinski definition) is 7. The Morgan fingerprint density at radius 3 is 2.29 bits per heavy atom. The van der Waals surface area contributed by atoms with Gasteiger partial charge >= 0.3 is 0 Å². The van der Waals surface area contributed by atoms with E-state index >= 15 is 0 Å². The number of nitrogens with zero attached hydrogens (tertiary/aromatic N) is 2. The molecule has 0 bridgehead atoms. The van der Waals surface area contributed by atoms with Crippen LogP contribution in [0.5, 0.6) is 11.5 Å². The van der Waals surface area contributed by atoms with Crippen LogP contribution in [0.3, 0.4) is 0 Å². The Balaban J connectivity index is 1.10. The Morgan fingerprint density at radius 1 is 0.917 bits per heavy atom. The van der Waals surface area contributed by atoms with Crippen molar-refractivity contribution >= 4 is 5.91 Å². The number of fused-ring (bicyclic) bond motifs is 1. The van der Waals surface area contributed by atoms with Crippen LogP contribution in [0.25, 0.3) is 0 Å². The summed E-state index contributed by atoms with van der Waals surface area (Å²) in [7, 11) is 2.14. The van der Waals surface area contributed by atoms with Gasteiger partial charge in [-0.05, 0) is 93.4 Å². The fourth-order valence-electron chi connectivity index (χ4n) is 8.93. The molecule has 4 aliphatic rings. The van der Waals surface area contributed by atoms with Crippen LogP contribution >= 0.6 is 0 Å². The second kappa shape index (κ2) is 16.9. The predicted octanol–water partition coefficient (Wildman–Crippen LogP) is 5.90. The van der Waals surface area contributed by atoms with Gasteiger partial charge in [-0.15, -0.1) is 0 Å². The van der Waals surface area contributed by atoms with Crippen molar-refractivity contribution in [3.05, 3.63) is 60.2 Å². The summed E-state index contributed by atoms with van der Waals surface area (Å²) < 4.78 is 12.9. The van der Waals surface area contributed by atoms with Gasteiger partial charge < -0.3 is 24.8 Å². The maximum absolute atomic E-state index is 14.2. The molecule has 2 aromatic carbocycles. The van der Waals surface area contributed by atoms with Crippen LogP contribution in [0.1, 0.15) is 70.8 Å². The third-order valence-corrected chi connectivity index (χ3v) is 11.8. The first kappa shape index (κ1) is 35.3. The van der Waals surface area contributed by atoms with Crippen LogP contribution in [-0.4, -0.2) is 85.6 Å². The van der Waals surface area contributed by atoms with Crippen molar-refractivity contribution in [1.82, 2.24) is 20.4 Å². The summed E-state index contributed by atoms with van der Waals surface area (Å²) in [6, 6.07) is 17.9. The molecule has 8 unspecified atom stereocenters. The molecule has 0 spiro atoms. The number of para-hydroxylation sites is 1. The van der Waals surface area contributed by atoms with Gasteiger partial charge in [0.2, 0.25) is 5.91 Å². The minimum atomic E-state index is -0.313. The number of piperidine rings is 2. The quantitative estimate of drug-likeness (QED) is 0.274. The molecule has 1 saturated carbocycles. The molecule has 8 heteroatoms. The Hall–Kier alpha value is -2.49. The molecular formula is C40H60N4O4. The molecule has 8 atom stereocenters. The predicted molar refractivity (Wildman–Crippen MR) is 191 cm³/mol. The van der Waals surface area contributed by atoms with Crippen molar-refractivity contribution in [3.63, 3.8) is 0 Å². The highest BCUT2D eigenvalue weighted by molar-refractivity contribution is 5.80. The lowest BCUT2D eigenvalue weighted by Crippen LogP contribution is -2.61. The molecular weight excluding hydrogens is 600 g/mol. The normalized spacial score (nSPS) is 31.4. The SMILES string of the molecule is CC1CN(C(C)CO)C(=O)C2CC(C3CNCC(C4CCCCCC4)C3)CNC2OC1CN(C)Cc1ccc(Oc2ccccc2)cc1. The van der Waals surface area contributed by atoms with E-state index in [1.165, 1.54) is 50.5 Å². The minimum Gasteiger partial charge on any atom is -0.457 e. The third-order valence-electron chi connectivity index (χ3n) is 11.8. The van der Waals surface area contributed by atoms with E-state index in [2.05, 4.69) is 41.6 Å². The van der Waals surface area contributed by atoms with E-state index < -0.39 is 0 Å². The van der Waals surface area contributed by atoms with Gasteiger partial charge in [-0.3, -0.25) is 15.0 Å². The molecule has 1 aliphatic carbocycles. The topological polar surface area (TPSA) is 86.3 Å². The molecule has 3 heterocycles. The molecule has 6 rings (SSSR count). The van der Waals surface area contributed by atoms with Crippen molar-refractivity contribution < 1.29 is 19.4 Å². The van der Waals surface area contributed by atoms with E-state index in [0.29, 0.717) is 18.4 Å². The van der Waals surface area contributed by atoms with Crippen LogP contribution in [0.2, 0.25) is 0 Å². The number of carbonyl (C=O) groups is 1. The van der Waals surface area contributed by atoms with Gasteiger partial charge in [-0.25, -0.2) is 0 Å². The number of hydrogen-bond donors (Lipinski definition) is 3. The summed E-state index contributed by atoms with van der Waals surface area (Å²) in [5, 5.41) is 17.8. The Morgan fingerprint density at radius 2 is 1.58 bits per heavy atom. The second-order valence-corrected chi connectivity index (χ2v) is 15.5. The van der Waals surface area contributed by atoms with Gasteiger partial charge in [0.25, 0.3) is 0 Å². The lowest BCUT2D eigenvalue weighted by atomic mass is 9.71. The number of amides is 1. The average molecular weight is 661 g/mol. The van der Waals surface area contributed by atoms with E-state index in [1.807, 2.05) is 54.3 Å². The van der Waals surface area contributed by atoms with Gasteiger partial charge in [0.1, 0.15) is 17.7 Å². The fraction of sp³-hybridized carbons (Fsp3) is 0.675. The van der Waals surface area contributed by atoms with Gasteiger partial charge in [0, 0.05) is 32.1 Å². The van der Waals surface area contributed by atoms with E-state index in [9.17, 15) is 9.90 Å². The van der Waals surface area contributed by atoms with E-state index in [4.69, 9.17) is 9.47 Å². The standard InChI is InChI=1S/C40H60N4O4/c1-28-24-44(29(2)27-45)40(46)37-20-34(33-19-32(21-41-22-33)31-11-7-4-5-8-12-31)23-42-39(37)48-38(28)26-43(3)25-30-15-17-36(18-16-30)47-35-13-9-6-10-14-35/h6,9-10,13-18,28-29,31-34,37-39,41-42,45H,4-5,7-8,11-12,19-27H2,1-3H3. The number of aliphatic hydroxyl groups excluding tert-OH is 1. The summed E-state index contributed by atoms with van der Waals surface area (Å²) in [6.45, 7) is 9.35. The second-order valence-electron chi connectivity index (χ2n) is 15.5. The number of nitrogens with one attached hydrogen (secondary N) is 2. The zero-order valence-corrected chi connectivity index (χ0v) is 29.6. The van der Waals surface area contributed by atoms with E-state index in [-0.39, 0.29) is 42.7 Å². The Labute approximate surface area is 288 Å². The van der Waals surface area contributed by atoms with Crippen LogP contribution in [-0.2, 0) is 16.1 Å². The smallest absolute Gasteiger partial charge is 0.230 e. The molecule has 264 valence electrons. The highest BCUT2D eigenvalue weighted by atomic mass is 16.5. The Bertz CT molecular complexity index is 1270. The minimum absolute atomic E-state index is 0.0300. The number of aliphatic hydroxyl groups is 1. The largest absolute Gasteiger partial charge is 0.457 e. The van der Waals surface area contributed by atoms with Crippen molar-refractivity contribution in [1.29, 1.82) is 0 Å². The van der Waals surface area contributed by atoms with Crippen molar-refractivity contribution in [2.24, 2.45) is 35.5 Å². The first-order valence-corrected chi connectivity index (χ1v) is 18.9. The molecule has 8 nitrogen and oxygen atoms in total. The fourth-order valence-corrected chi connectivity index (χ4v) is 8.93. The number of likely N-dealkylation sites (N-methyl/N-ethyl adjacent to an activating group) is 1. The summed E-state index contributed by atoms with van der Waals surface area (Å²) in [5.74, 6) is 4.29. The molecule has 3 N–H and O–H groups in total. The van der Waals surface area contributed by atoms with E-state index in [0.717, 1.165) is 62.5 Å². The molecule has 4 fully saturated rings. The highest BCUT2D eigenvalue weighted by Crippen LogP contribution is 2.39. The van der Waals surface area contributed by atoms with Crippen LogP contribution in [0.15, 0.2) is 54.6 Å². The molecule has 3 aliphatic heterocycles. The zero-order valence-electron chi connectivity index (χ0n) is 29.6. The highest BCUT2D eigenvalue weighted by Gasteiger charge is 2.45. The summed E-state index contributed by atoms with van der Waals surface area (Å²) >= 11 is 0. The van der Waals surface area contributed by atoms with Gasteiger partial charge in [0.05, 0.1) is 24.7 Å². The monoisotopic (exact) mass is 660 g/mol. The molecule has 0 radical (unpaired) electrons. The number of rotatable bonds is 10. The molecule has 2 aromatic rings. The summed E-state index contributed by atoms with van der Waals surface area (Å²) in [6.07, 6.45) is 10.1. The lowest BCUT2D eigenvalue weighted by molar-refractivity contribution is -0.169. The lowest BCUT2D eigenvalue weighted by Gasteiger charge is -2.48. The van der Waals surface area contributed by atoms with Crippen LogP contribution < -0.4 is 15.4 Å².